The number of rotatable bonds is 5. The van der Waals surface area contributed by atoms with Crippen molar-refractivity contribution in [3.05, 3.63) is 60.8 Å². The molecule has 0 amide bonds. The minimum Gasteiger partial charge on any atom is -0.436 e. The molecule has 0 aromatic carbocycles. The lowest BCUT2D eigenvalue weighted by Crippen LogP contribution is -2.34. The van der Waals surface area contributed by atoms with Crippen molar-refractivity contribution < 1.29 is 4.74 Å². The van der Waals surface area contributed by atoms with Crippen LogP contribution in [0.25, 0.3) is 0 Å². The first-order chi connectivity index (χ1) is 12.8. The number of hydrogen-bond acceptors (Lipinski definition) is 6. The molecule has 0 aliphatic carbocycles. The molecule has 7 heteroatoms. The Morgan fingerprint density at radius 1 is 1.15 bits per heavy atom. The van der Waals surface area contributed by atoms with Crippen LogP contribution in [0.2, 0.25) is 0 Å². The molecule has 0 N–H and O–H groups in total. The van der Waals surface area contributed by atoms with Gasteiger partial charge in [-0.15, -0.1) is 0 Å². The fourth-order valence-electron chi connectivity index (χ4n) is 3.40. The van der Waals surface area contributed by atoms with Gasteiger partial charge in [-0.25, -0.2) is 9.97 Å². The molecule has 4 heterocycles. The molecule has 1 unspecified atom stereocenters. The van der Waals surface area contributed by atoms with Gasteiger partial charge in [-0.3, -0.25) is 14.9 Å². The standard InChI is InChI=1S/C19H22N6O/c1-24-14-21-10-16(24)13-25-9-3-4-15(12-25)18-19(23-8-7-22-18)26-17-5-2-6-20-11-17/h2,5-8,10-11,14-15H,3-4,9,12-13H2,1H3. The van der Waals surface area contributed by atoms with Crippen LogP contribution in [0.5, 0.6) is 11.6 Å². The predicted molar refractivity (Wildman–Crippen MR) is 96.8 cm³/mol. The van der Waals surface area contributed by atoms with Gasteiger partial charge < -0.3 is 9.30 Å². The number of nitrogens with zero attached hydrogens (tertiary/aromatic N) is 6. The van der Waals surface area contributed by atoms with E-state index in [0.717, 1.165) is 38.2 Å². The molecule has 0 saturated carbocycles. The summed E-state index contributed by atoms with van der Waals surface area (Å²) in [5.74, 6) is 1.56. The summed E-state index contributed by atoms with van der Waals surface area (Å²) in [7, 11) is 2.03. The molecule has 0 bridgehead atoms. The highest BCUT2D eigenvalue weighted by atomic mass is 16.5. The van der Waals surface area contributed by atoms with Crippen LogP contribution in [-0.4, -0.2) is 42.5 Å². The summed E-state index contributed by atoms with van der Waals surface area (Å²) in [4.78, 5) is 19.8. The topological polar surface area (TPSA) is 69.0 Å². The Hall–Kier alpha value is -2.80. The maximum Gasteiger partial charge on any atom is 0.241 e. The lowest BCUT2D eigenvalue weighted by molar-refractivity contribution is 0.193. The van der Waals surface area contributed by atoms with Crippen LogP contribution < -0.4 is 4.74 Å². The summed E-state index contributed by atoms with van der Waals surface area (Å²) in [5, 5.41) is 0. The van der Waals surface area contributed by atoms with Crippen molar-refractivity contribution in [3.8, 4) is 11.6 Å². The Bertz CT molecular complexity index is 850. The number of ether oxygens (including phenoxy) is 1. The van der Waals surface area contributed by atoms with Crippen LogP contribution in [0.15, 0.2) is 49.4 Å². The fourth-order valence-corrected chi connectivity index (χ4v) is 3.40. The van der Waals surface area contributed by atoms with Crippen LogP contribution in [0.4, 0.5) is 0 Å². The average molecular weight is 350 g/mol. The number of aryl methyl sites for hydroxylation is 1. The number of pyridine rings is 1. The molecule has 134 valence electrons. The van der Waals surface area contributed by atoms with Crippen molar-refractivity contribution in [1.29, 1.82) is 0 Å². The number of hydrogen-bond donors (Lipinski definition) is 0. The third kappa shape index (κ3) is 3.72. The van der Waals surface area contributed by atoms with E-state index in [1.54, 1.807) is 24.8 Å². The number of aromatic nitrogens is 5. The largest absolute Gasteiger partial charge is 0.436 e. The van der Waals surface area contributed by atoms with E-state index in [2.05, 4.69) is 29.4 Å². The molecule has 0 radical (unpaired) electrons. The van der Waals surface area contributed by atoms with E-state index >= 15 is 0 Å². The van der Waals surface area contributed by atoms with Crippen molar-refractivity contribution in [1.82, 2.24) is 29.4 Å². The molecule has 7 nitrogen and oxygen atoms in total. The van der Waals surface area contributed by atoms with Crippen molar-refractivity contribution in [2.45, 2.75) is 25.3 Å². The predicted octanol–water partition coefficient (Wildman–Crippen LogP) is 2.78. The second-order valence-electron chi connectivity index (χ2n) is 6.61. The number of piperidine rings is 1. The fraction of sp³-hybridized carbons (Fsp3) is 0.368. The first-order valence-corrected chi connectivity index (χ1v) is 8.86. The molecule has 1 fully saturated rings. The van der Waals surface area contributed by atoms with Gasteiger partial charge in [0.15, 0.2) is 0 Å². The molecule has 1 saturated heterocycles. The van der Waals surface area contributed by atoms with E-state index in [9.17, 15) is 0 Å². The number of imidazole rings is 1. The highest BCUT2D eigenvalue weighted by Gasteiger charge is 2.26. The minimum absolute atomic E-state index is 0.303. The van der Waals surface area contributed by atoms with E-state index in [1.165, 1.54) is 5.69 Å². The second-order valence-corrected chi connectivity index (χ2v) is 6.61. The maximum atomic E-state index is 5.95. The normalized spacial score (nSPS) is 18.0. The Morgan fingerprint density at radius 3 is 2.88 bits per heavy atom. The first-order valence-electron chi connectivity index (χ1n) is 8.86. The van der Waals surface area contributed by atoms with E-state index in [0.29, 0.717) is 17.5 Å². The Labute approximate surface area is 152 Å². The van der Waals surface area contributed by atoms with Crippen molar-refractivity contribution >= 4 is 0 Å². The van der Waals surface area contributed by atoms with E-state index < -0.39 is 0 Å². The summed E-state index contributed by atoms with van der Waals surface area (Å²) >= 11 is 0. The van der Waals surface area contributed by atoms with Crippen LogP contribution in [-0.2, 0) is 13.6 Å². The molecule has 26 heavy (non-hydrogen) atoms. The van der Waals surface area contributed by atoms with Gasteiger partial charge >= 0.3 is 0 Å². The van der Waals surface area contributed by atoms with Crippen molar-refractivity contribution in [2.75, 3.05) is 13.1 Å². The van der Waals surface area contributed by atoms with Gasteiger partial charge in [-0.05, 0) is 31.5 Å². The smallest absolute Gasteiger partial charge is 0.241 e. The van der Waals surface area contributed by atoms with E-state index in [1.807, 2.05) is 31.7 Å². The third-order valence-electron chi connectivity index (χ3n) is 4.73. The molecule has 4 rings (SSSR count). The quantitative estimate of drug-likeness (QED) is 0.705. The molecule has 0 spiro atoms. The van der Waals surface area contributed by atoms with Crippen LogP contribution in [0, 0.1) is 0 Å². The summed E-state index contributed by atoms with van der Waals surface area (Å²) < 4.78 is 8.03. The van der Waals surface area contributed by atoms with Gasteiger partial charge in [-0.2, -0.15) is 0 Å². The summed E-state index contributed by atoms with van der Waals surface area (Å²) in [6, 6.07) is 3.72. The van der Waals surface area contributed by atoms with E-state index in [4.69, 9.17) is 4.74 Å². The summed E-state index contributed by atoms with van der Waals surface area (Å²) in [6.07, 6.45) is 12.8. The first kappa shape index (κ1) is 16.7. The van der Waals surface area contributed by atoms with Crippen molar-refractivity contribution in [3.63, 3.8) is 0 Å². The zero-order valence-electron chi connectivity index (χ0n) is 14.8. The zero-order chi connectivity index (χ0) is 17.8. The Morgan fingerprint density at radius 2 is 2.08 bits per heavy atom. The van der Waals surface area contributed by atoms with Crippen LogP contribution >= 0.6 is 0 Å². The lowest BCUT2D eigenvalue weighted by atomic mass is 9.94. The maximum absolute atomic E-state index is 5.95. The van der Waals surface area contributed by atoms with Crippen LogP contribution in [0.1, 0.15) is 30.1 Å². The minimum atomic E-state index is 0.303. The van der Waals surface area contributed by atoms with E-state index in [-0.39, 0.29) is 0 Å². The Balaban J connectivity index is 1.51. The monoisotopic (exact) mass is 350 g/mol. The molecule has 1 atom stereocenters. The van der Waals surface area contributed by atoms with Gasteiger partial charge in [-0.1, -0.05) is 0 Å². The highest BCUT2D eigenvalue weighted by Crippen LogP contribution is 2.32. The average Bonchev–Trinajstić information content (AvgIpc) is 3.08. The molecular weight excluding hydrogens is 328 g/mol. The zero-order valence-corrected chi connectivity index (χ0v) is 14.8. The van der Waals surface area contributed by atoms with Crippen molar-refractivity contribution in [2.24, 2.45) is 7.05 Å². The van der Waals surface area contributed by atoms with Gasteiger partial charge in [0, 0.05) is 50.8 Å². The summed E-state index contributed by atoms with van der Waals surface area (Å²) in [5.41, 5.74) is 2.14. The van der Waals surface area contributed by atoms with Crippen LogP contribution in [0.3, 0.4) is 0 Å². The number of likely N-dealkylation sites (tertiary alicyclic amines) is 1. The molecule has 1 aliphatic rings. The molecule has 1 aliphatic heterocycles. The lowest BCUT2D eigenvalue weighted by Gasteiger charge is -2.32. The Kier molecular flexibility index (Phi) is 4.88. The molecule has 3 aromatic heterocycles. The summed E-state index contributed by atoms with van der Waals surface area (Å²) in [6.45, 7) is 2.92. The molecular formula is C19H22N6O. The second kappa shape index (κ2) is 7.61. The third-order valence-corrected chi connectivity index (χ3v) is 4.73. The van der Waals surface area contributed by atoms with Gasteiger partial charge in [0.2, 0.25) is 5.88 Å². The van der Waals surface area contributed by atoms with Gasteiger partial charge in [0.05, 0.1) is 18.2 Å². The molecule has 3 aromatic rings. The van der Waals surface area contributed by atoms with Gasteiger partial charge in [0.1, 0.15) is 11.4 Å². The SMILES string of the molecule is Cn1cncc1CN1CCCC(c2nccnc2Oc2cccnc2)C1. The highest BCUT2D eigenvalue weighted by molar-refractivity contribution is 5.29. The van der Waals surface area contributed by atoms with Gasteiger partial charge in [0.25, 0.3) is 0 Å².